The summed E-state index contributed by atoms with van der Waals surface area (Å²) < 4.78 is 0. The van der Waals surface area contributed by atoms with Crippen molar-refractivity contribution in [1.82, 2.24) is 5.32 Å². The highest BCUT2D eigenvalue weighted by molar-refractivity contribution is 6.31. The van der Waals surface area contributed by atoms with Gasteiger partial charge in [0.1, 0.15) is 0 Å². The second-order valence-electron chi connectivity index (χ2n) is 5.62. The fourth-order valence-electron chi connectivity index (χ4n) is 2.90. The van der Waals surface area contributed by atoms with Crippen LogP contribution in [0.2, 0.25) is 5.02 Å². The number of rotatable bonds is 4. The predicted molar refractivity (Wildman–Crippen MR) is 85.3 cm³/mol. The summed E-state index contributed by atoms with van der Waals surface area (Å²) in [6.07, 6.45) is 3.49. The van der Waals surface area contributed by atoms with Gasteiger partial charge in [0.15, 0.2) is 0 Å². The molecule has 0 aromatic heterocycles. The lowest BCUT2D eigenvalue weighted by molar-refractivity contribution is -0.123. The Morgan fingerprint density at radius 1 is 1.05 bits per heavy atom. The summed E-state index contributed by atoms with van der Waals surface area (Å²) >= 11 is 6.12. The highest BCUT2D eigenvalue weighted by atomic mass is 35.5. The van der Waals surface area contributed by atoms with Crippen molar-refractivity contribution in [2.45, 2.75) is 31.2 Å². The molecule has 1 fully saturated rings. The fourth-order valence-corrected chi connectivity index (χ4v) is 3.10. The smallest absolute Gasteiger partial charge is 0.225 e. The summed E-state index contributed by atoms with van der Waals surface area (Å²) in [7, 11) is 0. The van der Waals surface area contributed by atoms with Crippen LogP contribution in [0.15, 0.2) is 54.6 Å². The van der Waals surface area contributed by atoms with E-state index in [0.717, 1.165) is 24.8 Å². The molecule has 2 nitrogen and oxygen atoms in total. The van der Waals surface area contributed by atoms with E-state index in [1.165, 1.54) is 5.56 Å². The fraction of sp³-hybridized carbons (Fsp3) is 0.278. The molecule has 3 heteroatoms. The van der Waals surface area contributed by atoms with Gasteiger partial charge < -0.3 is 5.32 Å². The predicted octanol–water partition coefficient (Wildman–Crippen LogP) is 4.08. The highest BCUT2D eigenvalue weighted by Crippen LogP contribution is 2.41. The molecule has 0 radical (unpaired) electrons. The molecule has 2 aromatic rings. The van der Waals surface area contributed by atoms with E-state index in [-0.39, 0.29) is 11.4 Å². The van der Waals surface area contributed by atoms with Crippen molar-refractivity contribution in [2.24, 2.45) is 0 Å². The molecule has 0 atom stereocenters. The van der Waals surface area contributed by atoms with Gasteiger partial charge in [-0.05, 0) is 36.5 Å². The van der Waals surface area contributed by atoms with Crippen molar-refractivity contribution in [3.8, 4) is 0 Å². The molecule has 108 valence electrons. The second kappa shape index (κ2) is 5.90. The molecule has 0 heterocycles. The van der Waals surface area contributed by atoms with Gasteiger partial charge >= 0.3 is 0 Å². The van der Waals surface area contributed by atoms with Gasteiger partial charge in [-0.1, -0.05) is 60.1 Å². The number of halogens is 1. The van der Waals surface area contributed by atoms with Crippen LogP contribution in [0.25, 0.3) is 0 Å². The van der Waals surface area contributed by atoms with Gasteiger partial charge in [0.2, 0.25) is 5.91 Å². The maximum absolute atomic E-state index is 12.4. The number of carbonyl (C=O) groups is 1. The Labute approximate surface area is 130 Å². The molecule has 2 aromatic carbocycles. The summed E-state index contributed by atoms with van der Waals surface area (Å²) in [5.41, 5.74) is 1.89. The van der Waals surface area contributed by atoms with Gasteiger partial charge in [-0.3, -0.25) is 4.79 Å². The summed E-state index contributed by atoms with van der Waals surface area (Å²) in [5, 5.41) is 3.87. The van der Waals surface area contributed by atoms with E-state index in [9.17, 15) is 4.79 Å². The van der Waals surface area contributed by atoms with E-state index < -0.39 is 0 Å². The van der Waals surface area contributed by atoms with Gasteiger partial charge in [-0.2, -0.15) is 0 Å². The monoisotopic (exact) mass is 299 g/mol. The quantitative estimate of drug-likeness (QED) is 0.905. The Hall–Kier alpha value is -1.80. The standard InChI is InChI=1S/C18H18ClNO/c19-16-10-5-4-7-14(16)13-17(21)20-18(11-6-12-18)15-8-2-1-3-9-15/h1-5,7-10H,6,11-13H2,(H,20,21). The largest absolute Gasteiger partial charge is 0.346 e. The Balaban J connectivity index is 1.73. The maximum Gasteiger partial charge on any atom is 0.225 e. The van der Waals surface area contributed by atoms with Crippen molar-refractivity contribution >= 4 is 17.5 Å². The molecule has 0 spiro atoms. The molecule has 0 aliphatic heterocycles. The highest BCUT2D eigenvalue weighted by Gasteiger charge is 2.39. The van der Waals surface area contributed by atoms with E-state index >= 15 is 0 Å². The van der Waals surface area contributed by atoms with Crippen LogP contribution in [0.1, 0.15) is 30.4 Å². The minimum Gasteiger partial charge on any atom is -0.346 e. The normalized spacial score (nSPS) is 16.0. The van der Waals surface area contributed by atoms with Crippen LogP contribution in [0, 0.1) is 0 Å². The lowest BCUT2D eigenvalue weighted by Crippen LogP contribution is -2.51. The first-order valence-electron chi connectivity index (χ1n) is 7.30. The molecule has 0 unspecified atom stereocenters. The third-order valence-corrected chi connectivity index (χ3v) is 4.59. The van der Waals surface area contributed by atoms with Gasteiger partial charge in [-0.25, -0.2) is 0 Å². The summed E-state index contributed by atoms with van der Waals surface area (Å²) in [6.45, 7) is 0. The van der Waals surface area contributed by atoms with Gasteiger partial charge in [0, 0.05) is 5.02 Å². The number of benzene rings is 2. The number of amides is 1. The van der Waals surface area contributed by atoms with Crippen molar-refractivity contribution in [3.05, 3.63) is 70.7 Å². The zero-order chi connectivity index (χ0) is 14.7. The van der Waals surface area contributed by atoms with Crippen LogP contribution in [0.5, 0.6) is 0 Å². The second-order valence-corrected chi connectivity index (χ2v) is 6.03. The zero-order valence-corrected chi connectivity index (χ0v) is 12.6. The van der Waals surface area contributed by atoms with Crippen LogP contribution in [-0.2, 0) is 16.8 Å². The Kier molecular flexibility index (Phi) is 3.98. The molecule has 1 aliphatic carbocycles. The van der Waals surface area contributed by atoms with Crippen LogP contribution >= 0.6 is 11.6 Å². The van der Waals surface area contributed by atoms with E-state index in [1.807, 2.05) is 42.5 Å². The van der Waals surface area contributed by atoms with Crippen molar-refractivity contribution in [3.63, 3.8) is 0 Å². The van der Waals surface area contributed by atoms with Crippen LogP contribution in [0.4, 0.5) is 0 Å². The topological polar surface area (TPSA) is 29.1 Å². The van der Waals surface area contributed by atoms with E-state index in [2.05, 4.69) is 17.4 Å². The van der Waals surface area contributed by atoms with E-state index in [1.54, 1.807) is 0 Å². The van der Waals surface area contributed by atoms with Gasteiger partial charge in [-0.15, -0.1) is 0 Å². The zero-order valence-electron chi connectivity index (χ0n) is 11.8. The van der Waals surface area contributed by atoms with Crippen molar-refractivity contribution < 1.29 is 4.79 Å². The SMILES string of the molecule is O=C(Cc1ccccc1Cl)NC1(c2ccccc2)CCC1. The third-order valence-electron chi connectivity index (χ3n) is 4.22. The molecule has 3 rings (SSSR count). The molecule has 21 heavy (non-hydrogen) atoms. The molecule has 0 bridgehead atoms. The van der Waals surface area contributed by atoms with E-state index in [0.29, 0.717) is 11.4 Å². The molecule has 1 saturated carbocycles. The molecule has 1 N–H and O–H groups in total. The Morgan fingerprint density at radius 2 is 1.71 bits per heavy atom. The first kappa shape index (κ1) is 14.2. The molecule has 1 aliphatic rings. The average Bonchev–Trinajstić information content (AvgIpc) is 2.46. The van der Waals surface area contributed by atoms with Crippen molar-refractivity contribution in [2.75, 3.05) is 0 Å². The van der Waals surface area contributed by atoms with Crippen LogP contribution in [0.3, 0.4) is 0 Å². The molecular formula is C18H18ClNO. The summed E-state index contributed by atoms with van der Waals surface area (Å²) in [5.74, 6) is 0.0339. The number of nitrogens with one attached hydrogen (secondary N) is 1. The third kappa shape index (κ3) is 2.96. The molecule has 1 amide bonds. The lowest BCUT2D eigenvalue weighted by Gasteiger charge is -2.43. The summed E-state index contributed by atoms with van der Waals surface area (Å²) in [4.78, 5) is 12.4. The average molecular weight is 300 g/mol. The van der Waals surface area contributed by atoms with Gasteiger partial charge in [0.25, 0.3) is 0 Å². The number of carbonyl (C=O) groups excluding carboxylic acids is 1. The Bertz CT molecular complexity index is 635. The number of hydrogen-bond acceptors (Lipinski definition) is 1. The Morgan fingerprint density at radius 3 is 2.33 bits per heavy atom. The van der Waals surface area contributed by atoms with E-state index in [4.69, 9.17) is 11.6 Å². The van der Waals surface area contributed by atoms with Crippen LogP contribution < -0.4 is 5.32 Å². The van der Waals surface area contributed by atoms with Gasteiger partial charge in [0.05, 0.1) is 12.0 Å². The lowest BCUT2D eigenvalue weighted by atomic mass is 9.71. The summed E-state index contributed by atoms with van der Waals surface area (Å²) in [6, 6.07) is 17.7. The number of hydrogen-bond donors (Lipinski definition) is 1. The molecular weight excluding hydrogens is 282 g/mol. The van der Waals surface area contributed by atoms with Crippen molar-refractivity contribution in [1.29, 1.82) is 0 Å². The minimum atomic E-state index is -0.181. The first-order chi connectivity index (χ1) is 10.2. The first-order valence-corrected chi connectivity index (χ1v) is 7.67. The maximum atomic E-state index is 12.4. The van der Waals surface area contributed by atoms with Crippen LogP contribution in [-0.4, -0.2) is 5.91 Å². The molecule has 0 saturated heterocycles. The minimum absolute atomic E-state index is 0.0339.